The summed E-state index contributed by atoms with van der Waals surface area (Å²) in [5.74, 6) is 0.997. The van der Waals surface area contributed by atoms with E-state index in [0.717, 1.165) is 12.1 Å². The van der Waals surface area contributed by atoms with Crippen LogP contribution >= 0.6 is 11.6 Å². The predicted octanol–water partition coefficient (Wildman–Crippen LogP) is 6.58. The number of halogens is 1. The van der Waals surface area contributed by atoms with E-state index in [1.165, 1.54) is 0 Å². The fraction of sp³-hybridized carbons (Fsp3) is 0.250. The first-order chi connectivity index (χ1) is 14.5. The highest BCUT2D eigenvalue weighted by molar-refractivity contribution is 6.30. The van der Waals surface area contributed by atoms with Crippen LogP contribution in [0.4, 0.5) is 5.69 Å². The van der Waals surface area contributed by atoms with Gasteiger partial charge in [-0.3, -0.25) is 9.78 Å². The first-order valence-electron chi connectivity index (χ1n) is 9.90. The average Bonchev–Trinajstić information content (AvgIpc) is 2.72. The lowest BCUT2D eigenvalue weighted by Gasteiger charge is -2.14. The zero-order valence-electron chi connectivity index (χ0n) is 17.3. The van der Waals surface area contributed by atoms with Crippen molar-refractivity contribution in [2.75, 3.05) is 11.9 Å². The molecule has 156 valence electrons. The van der Waals surface area contributed by atoms with E-state index in [9.17, 15) is 4.79 Å². The van der Waals surface area contributed by atoms with E-state index < -0.39 is 0 Å². The topological polar surface area (TPSA) is 60.5 Å². The zero-order valence-corrected chi connectivity index (χ0v) is 18.1. The molecule has 0 aliphatic carbocycles. The van der Waals surface area contributed by atoms with Gasteiger partial charge in [-0.05, 0) is 62.7 Å². The third-order valence-corrected chi connectivity index (χ3v) is 4.70. The molecule has 2 aromatic carbocycles. The van der Waals surface area contributed by atoms with Gasteiger partial charge in [0, 0.05) is 23.4 Å². The van der Waals surface area contributed by atoms with E-state index >= 15 is 0 Å². The molecule has 1 aromatic heterocycles. The van der Waals surface area contributed by atoms with Crippen molar-refractivity contribution in [1.82, 2.24) is 4.98 Å². The Kier molecular flexibility index (Phi) is 7.44. The molecule has 3 rings (SSSR count). The molecule has 0 saturated heterocycles. The maximum atomic E-state index is 12.8. The normalized spacial score (nSPS) is 11.7. The third-order valence-electron chi connectivity index (χ3n) is 4.46. The van der Waals surface area contributed by atoms with Crippen LogP contribution in [0.5, 0.6) is 11.5 Å². The molecule has 1 unspecified atom stereocenters. The Bertz CT molecular complexity index is 1020. The summed E-state index contributed by atoms with van der Waals surface area (Å²) < 4.78 is 11.5. The van der Waals surface area contributed by atoms with E-state index in [2.05, 4.69) is 17.2 Å². The molecule has 5 nitrogen and oxygen atoms in total. The molecule has 0 saturated carbocycles. The van der Waals surface area contributed by atoms with E-state index in [0.29, 0.717) is 40.1 Å². The van der Waals surface area contributed by atoms with Gasteiger partial charge in [0.15, 0.2) is 0 Å². The lowest BCUT2D eigenvalue weighted by atomic mass is 10.1. The largest absolute Gasteiger partial charge is 0.457 e. The first kappa shape index (κ1) is 21.8. The Hall–Kier alpha value is -2.89. The first-order valence-corrected chi connectivity index (χ1v) is 10.3. The molecule has 1 N–H and O–H groups in total. The minimum atomic E-state index is -0.228. The quantitative estimate of drug-likeness (QED) is 0.444. The molecule has 0 aliphatic heterocycles. The second-order valence-electron chi connectivity index (χ2n) is 6.92. The molecule has 1 atom stereocenters. The molecular weight excluding hydrogens is 400 g/mol. The smallest absolute Gasteiger partial charge is 0.257 e. The highest BCUT2D eigenvalue weighted by atomic mass is 35.5. The Labute approximate surface area is 182 Å². The van der Waals surface area contributed by atoms with Gasteiger partial charge in [0.05, 0.1) is 23.1 Å². The van der Waals surface area contributed by atoms with Gasteiger partial charge in [-0.1, -0.05) is 30.7 Å². The van der Waals surface area contributed by atoms with Gasteiger partial charge in [-0.2, -0.15) is 0 Å². The van der Waals surface area contributed by atoms with Crippen LogP contribution in [0.3, 0.4) is 0 Å². The maximum absolute atomic E-state index is 12.8. The summed E-state index contributed by atoms with van der Waals surface area (Å²) in [6.07, 6.45) is 0.838. The van der Waals surface area contributed by atoms with Crippen LogP contribution < -0.4 is 10.1 Å². The predicted molar refractivity (Wildman–Crippen MR) is 120 cm³/mol. The standard InChI is InChI=1S/C24H25ClN2O3/c1-4-13-29-17(3)23-12-11-22(16(2)26-23)24(28)27-19-8-6-10-21(15-19)30-20-9-5-7-18(25)14-20/h5-12,14-15,17H,4,13H2,1-3H3,(H,27,28). The Morgan fingerprint density at radius 1 is 1.10 bits per heavy atom. The highest BCUT2D eigenvalue weighted by Crippen LogP contribution is 2.26. The number of anilines is 1. The van der Waals surface area contributed by atoms with Gasteiger partial charge in [0.2, 0.25) is 0 Å². The summed E-state index contributed by atoms with van der Waals surface area (Å²) in [5.41, 5.74) is 2.61. The van der Waals surface area contributed by atoms with E-state index in [1.807, 2.05) is 44.2 Å². The minimum absolute atomic E-state index is 0.110. The van der Waals surface area contributed by atoms with Crippen LogP contribution in [0, 0.1) is 6.92 Å². The number of nitrogens with zero attached hydrogens (tertiary/aromatic N) is 1. The number of amides is 1. The number of rotatable bonds is 8. The summed E-state index contributed by atoms with van der Waals surface area (Å²) in [6, 6.07) is 18.0. The molecule has 0 bridgehead atoms. The van der Waals surface area contributed by atoms with Crippen LogP contribution in [0.1, 0.15) is 48.1 Å². The number of carbonyl (C=O) groups excluding carboxylic acids is 1. The summed E-state index contributed by atoms with van der Waals surface area (Å²) >= 11 is 6.00. The highest BCUT2D eigenvalue weighted by Gasteiger charge is 2.14. The summed E-state index contributed by atoms with van der Waals surface area (Å²) in [6.45, 7) is 6.53. The molecular formula is C24H25ClN2O3. The SMILES string of the molecule is CCCOC(C)c1ccc(C(=O)Nc2cccc(Oc3cccc(Cl)c3)c2)c(C)n1. The number of hydrogen-bond acceptors (Lipinski definition) is 4. The number of pyridine rings is 1. The van der Waals surface area contributed by atoms with Gasteiger partial charge >= 0.3 is 0 Å². The molecule has 0 spiro atoms. The summed E-state index contributed by atoms with van der Waals surface area (Å²) in [5, 5.41) is 3.50. The van der Waals surface area contributed by atoms with Crippen LogP contribution in [0.15, 0.2) is 60.7 Å². The number of aryl methyl sites for hydroxylation is 1. The van der Waals surface area contributed by atoms with Crippen molar-refractivity contribution in [3.05, 3.63) is 82.6 Å². The maximum Gasteiger partial charge on any atom is 0.257 e. The van der Waals surface area contributed by atoms with Crippen molar-refractivity contribution in [2.24, 2.45) is 0 Å². The van der Waals surface area contributed by atoms with E-state index in [4.69, 9.17) is 21.1 Å². The van der Waals surface area contributed by atoms with Crippen molar-refractivity contribution in [3.8, 4) is 11.5 Å². The summed E-state index contributed by atoms with van der Waals surface area (Å²) in [7, 11) is 0. The second kappa shape index (κ2) is 10.2. The minimum Gasteiger partial charge on any atom is -0.457 e. The van der Waals surface area contributed by atoms with Crippen LogP contribution in [-0.4, -0.2) is 17.5 Å². The lowest BCUT2D eigenvalue weighted by molar-refractivity contribution is 0.0632. The Morgan fingerprint density at radius 3 is 2.53 bits per heavy atom. The Balaban J connectivity index is 1.70. The van der Waals surface area contributed by atoms with Gasteiger partial charge in [0.25, 0.3) is 5.91 Å². The molecule has 0 aliphatic rings. The van der Waals surface area contributed by atoms with Crippen molar-refractivity contribution in [1.29, 1.82) is 0 Å². The van der Waals surface area contributed by atoms with Gasteiger partial charge in [-0.15, -0.1) is 0 Å². The molecule has 1 heterocycles. The van der Waals surface area contributed by atoms with Crippen LogP contribution in [-0.2, 0) is 4.74 Å². The van der Waals surface area contributed by atoms with Crippen molar-refractivity contribution < 1.29 is 14.3 Å². The fourth-order valence-corrected chi connectivity index (χ4v) is 3.11. The fourth-order valence-electron chi connectivity index (χ4n) is 2.93. The monoisotopic (exact) mass is 424 g/mol. The number of hydrogen-bond donors (Lipinski definition) is 1. The molecule has 0 radical (unpaired) electrons. The number of benzene rings is 2. The van der Waals surface area contributed by atoms with Crippen molar-refractivity contribution in [3.63, 3.8) is 0 Å². The Morgan fingerprint density at radius 2 is 1.83 bits per heavy atom. The number of nitrogens with one attached hydrogen (secondary N) is 1. The molecule has 1 amide bonds. The van der Waals surface area contributed by atoms with Gasteiger partial charge < -0.3 is 14.8 Å². The third kappa shape index (κ3) is 5.81. The number of ether oxygens (including phenoxy) is 2. The lowest BCUT2D eigenvalue weighted by Crippen LogP contribution is -2.15. The van der Waals surface area contributed by atoms with E-state index in [1.54, 1.807) is 30.3 Å². The molecule has 0 fully saturated rings. The van der Waals surface area contributed by atoms with Crippen molar-refractivity contribution >= 4 is 23.2 Å². The summed E-state index contributed by atoms with van der Waals surface area (Å²) in [4.78, 5) is 17.3. The number of carbonyl (C=O) groups is 1. The molecule has 3 aromatic rings. The second-order valence-corrected chi connectivity index (χ2v) is 7.36. The average molecular weight is 425 g/mol. The zero-order chi connectivity index (χ0) is 21.5. The van der Waals surface area contributed by atoms with Crippen LogP contribution in [0.2, 0.25) is 5.02 Å². The van der Waals surface area contributed by atoms with E-state index in [-0.39, 0.29) is 12.0 Å². The van der Waals surface area contributed by atoms with Crippen LogP contribution in [0.25, 0.3) is 0 Å². The molecule has 30 heavy (non-hydrogen) atoms. The van der Waals surface area contributed by atoms with Gasteiger partial charge in [-0.25, -0.2) is 0 Å². The molecule has 6 heteroatoms. The number of aromatic nitrogens is 1. The van der Waals surface area contributed by atoms with Crippen molar-refractivity contribution in [2.45, 2.75) is 33.3 Å². The van der Waals surface area contributed by atoms with Gasteiger partial charge in [0.1, 0.15) is 11.5 Å².